The lowest BCUT2D eigenvalue weighted by Crippen LogP contribution is -2.50. The molecule has 1 amide bonds. The highest BCUT2D eigenvalue weighted by Crippen LogP contribution is 2.37. The van der Waals surface area contributed by atoms with Crippen molar-refractivity contribution in [1.82, 2.24) is 5.32 Å². The van der Waals surface area contributed by atoms with E-state index in [2.05, 4.69) is 11.4 Å². The van der Waals surface area contributed by atoms with E-state index in [1.165, 1.54) is 11.8 Å². The van der Waals surface area contributed by atoms with Crippen molar-refractivity contribution in [2.45, 2.75) is 61.5 Å². The van der Waals surface area contributed by atoms with Crippen molar-refractivity contribution in [3.05, 3.63) is 52.5 Å². The van der Waals surface area contributed by atoms with Crippen LogP contribution in [0.3, 0.4) is 0 Å². The van der Waals surface area contributed by atoms with Crippen molar-refractivity contribution < 1.29 is 24.1 Å². The summed E-state index contributed by atoms with van der Waals surface area (Å²) in [7, 11) is 1.54. The quantitative estimate of drug-likeness (QED) is 0.407. The SMILES string of the molecule is COCOc1ccc(C#N)cc1Sc1ccc(CC[C@@](C)(CO)NC(=O)OC(C)(C)C)c(Cl)c1. The number of alkyl carbamates (subject to hydrolysis) is 1. The fraction of sp³-hybridized carbons (Fsp3) is 0.440. The Balaban J connectivity index is 2.11. The number of halogens is 1. The molecule has 9 heteroatoms. The number of nitrogens with one attached hydrogen (secondary N) is 1. The maximum absolute atomic E-state index is 12.2. The second-order valence-corrected chi connectivity index (χ2v) is 10.5. The molecule has 1 atom stereocenters. The number of benzene rings is 2. The highest BCUT2D eigenvalue weighted by atomic mass is 35.5. The topological polar surface area (TPSA) is 101 Å². The third-order valence-corrected chi connectivity index (χ3v) is 6.14. The summed E-state index contributed by atoms with van der Waals surface area (Å²) in [5.74, 6) is 0.609. The van der Waals surface area contributed by atoms with Crippen LogP contribution in [0.4, 0.5) is 4.79 Å². The third-order valence-electron chi connectivity index (χ3n) is 4.76. The molecule has 0 spiro atoms. The van der Waals surface area contributed by atoms with Crippen molar-refractivity contribution in [3.63, 3.8) is 0 Å². The number of rotatable bonds is 10. The zero-order valence-corrected chi connectivity index (χ0v) is 21.7. The second-order valence-electron chi connectivity index (χ2n) is 9.03. The minimum Gasteiger partial charge on any atom is -0.466 e. The number of amides is 1. The first-order valence-electron chi connectivity index (χ1n) is 10.7. The highest BCUT2D eigenvalue weighted by Gasteiger charge is 2.28. The number of hydrogen-bond acceptors (Lipinski definition) is 7. The Hall–Kier alpha value is -2.44. The molecule has 0 fully saturated rings. The molecule has 0 bridgehead atoms. The van der Waals surface area contributed by atoms with Crippen molar-refractivity contribution in [2.24, 2.45) is 0 Å². The molecular weight excluding hydrogens is 476 g/mol. The molecule has 34 heavy (non-hydrogen) atoms. The first-order valence-corrected chi connectivity index (χ1v) is 11.9. The molecule has 0 saturated heterocycles. The predicted octanol–water partition coefficient (Wildman–Crippen LogP) is 5.55. The van der Waals surface area contributed by atoms with Crippen LogP contribution in [0, 0.1) is 11.3 Å². The summed E-state index contributed by atoms with van der Waals surface area (Å²) in [4.78, 5) is 13.8. The third kappa shape index (κ3) is 8.73. The Morgan fingerprint density at radius 3 is 2.53 bits per heavy atom. The second kappa shape index (κ2) is 12.3. The summed E-state index contributed by atoms with van der Waals surface area (Å²) in [5.41, 5.74) is -0.0721. The summed E-state index contributed by atoms with van der Waals surface area (Å²) in [6, 6.07) is 13.0. The molecule has 0 unspecified atom stereocenters. The number of methoxy groups -OCH3 is 1. The Morgan fingerprint density at radius 1 is 1.21 bits per heavy atom. The average molecular weight is 507 g/mol. The van der Waals surface area contributed by atoms with Gasteiger partial charge in [-0.2, -0.15) is 5.26 Å². The minimum atomic E-state index is -0.857. The van der Waals surface area contributed by atoms with Crippen LogP contribution >= 0.6 is 23.4 Å². The lowest BCUT2D eigenvalue weighted by molar-refractivity contribution is 0.0406. The van der Waals surface area contributed by atoms with E-state index < -0.39 is 17.2 Å². The number of aryl methyl sites for hydroxylation is 1. The summed E-state index contributed by atoms with van der Waals surface area (Å²) < 4.78 is 15.9. The van der Waals surface area contributed by atoms with Crippen LogP contribution in [0.15, 0.2) is 46.2 Å². The molecular formula is C25H31ClN2O5S. The summed E-state index contributed by atoms with van der Waals surface area (Å²) in [5, 5.41) is 22.4. The van der Waals surface area contributed by atoms with Gasteiger partial charge in [0.25, 0.3) is 0 Å². The van der Waals surface area contributed by atoms with E-state index in [1.807, 2.05) is 18.2 Å². The molecule has 0 aromatic heterocycles. The van der Waals surface area contributed by atoms with Gasteiger partial charge in [0.1, 0.15) is 11.4 Å². The van der Waals surface area contributed by atoms with Gasteiger partial charge in [0.05, 0.1) is 28.7 Å². The zero-order chi connectivity index (χ0) is 25.4. The Morgan fingerprint density at radius 2 is 1.94 bits per heavy atom. The van der Waals surface area contributed by atoms with Gasteiger partial charge in [-0.05, 0) is 76.4 Å². The molecule has 184 valence electrons. The van der Waals surface area contributed by atoms with Crippen molar-refractivity contribution in [3.8, 4) is 11.8 Å². The summed E-state index contributed by atoms with van der Waals surface area (Å²) in [6.45, 7) is 6.97. The molecule has 0 aliphatic heterocycles. The average Bonchev–Trinajstić information content (AvgIpc) is 2.76. The van der Waals surface area contributed by atoms with Crippen molar-refractivity contribution in [2.75, 3.05) is 20.5 Å². The van der Waals surface area contributed by atoms with Gasteiger partial charge in [0.15, 0.2) is 6.79 Å². The van der Waals surface area contributed by atoms with Crippen LogP contribution in [0.5, 0.6) is 5.75 Å². The van der Waals surface area contributed by atoms with E-state index in [9.17, 15) is 15.2 Å². The first kappa shape index (κ1) is 27.8. The van der Waals surface area contributed by atoms with Gasteiger partial charge in [-0.25, -0.2) is 4.79 Å². The largest absolute Gasteiger partial charge is 0.466 e. The van der Waals surface area contributed by atoms with Gasteiger partial charge in [-0.3, -0.25) is 0 Å². The van der Waals surface area contributed by atoms with Gasteiger partial charge < -0.3 is 24.6 Å². The number of aliphatic hydroxyl groups excluding tert-OH is 1. The van der Waals surface area contributed by atoms with E-state index in [4.69, 9.17) is 25.8 Å². The number of aliphatic hydroxyl groups is 1. The number of carbonyl (C=O) groups is 1. The fourth-order valence-electron chi connectivity index (χ4n) is 2.96. The standard InChI is InChI=1S/C25H31ClN2O5S/c1-24(2,3)33-23(30)28-25(4,15-29)11-10-18-7-8-19(13-20(18)26)34-22-12-17(14-27)6-9-21(22)32-16-31-5/h6-9,12-13,29H,10-11,15-16H2,1-5H3,(H,28,30)/t25-/m0/s1. The van der Waals surface area contributed by atoms with Crippen LogP contribution in [-0.2, 0) is 15.9 Å². The van der Waals surface area contributed by atoms with Crippen LogP contribution in [0.2, 0.25) is 5.02 Å². The van der Waals surface area contributed by atoms with Gasteiger partial charge >= 0.3 is 6.09 Å². The smallest absolute Gasteiger partial charge is 0.408 e. The number of hydrogen-bond donors (Lipinski definition) is 2. The normalized spacial score (nSPS) is 13.0. The zero-order valence-electron chi connectivity index (χ0n) is 20.1. The Labute approximate surface area is 210 Å². The molecule has 2 aromatic rings. The predicted molar refractivity (Wildman–Crippen MR) is 132 cm³/mol. The van der Waals surface area contributed by atoms with Gasteiger partial charge in [0.2, 0.25) is 0 Å². The van der Waals surface area contributed by atoms with E-state index >= 15 is 0 Å². The van der Waals surface area contributed by atoms with Crippen LogP contribution in [-0.4, -0.2) is 42.8 Å². The highest BCUT2D eigenvalue weighted by molar-refractivity contribution is 7.99. The molecule has 2 N–H and O–H groups in total. The van der Waals surface area contributed by atoms with Crippen LogP contribution in [0.1, 0.15) is 45.2 Å². The molecule has 0 aliphatic rings. The first-order chi connectivity index (χ1) is 16.0. The fourth-order valence-corrected chi connectivity index (χ4v) is 4.28. The number of nitriles is 1. The monoisotopic (exact) mass is 506 g/mol. The number of carbonyl (C=O) groups excluding carboxylic acids is 1. The molecule has 0 radical (unpaired) electrons. The van der Waals surface area contributed by atoms with Crippen molar-refractivity contribution >= 4 is 29.5 Å². The molecule has 0 saturated carbocycles. The molecule has 2 aromatic carbocycles. The molecule has 7 nitrogen and oxygen atoms in total. The van der Waals surface area contributed by atoms with E-state index in [0.717, 1.165) is 15.4 Å². The maximum Gasteiger partial charge on any atom is 0.408 e. The van der Waals surface area contributed by atoms with Gasteiger partial charge in [-0.15, -0.1) is 0 Å². The minimum absolute atomic E-state index is 0.0973. The number of ether oxygens (including phenoxy) is 3. The molecule has 0 heterocycles. The lowest BCUT2D eigenvalue weighted by Gasteiger charge is -2.30. The van der Waals surface area contributed by atoms with Gasteiger partial charge in [0, 0.05) is 17.0 Å². The lowest BCUT2D eigenvalue weighted by atomic mass is 9.94. The molecule has 2 rings (SSSR count). The summed E-state index contributed by atoms with van der Waals surface area (Å²) >= 11 is 7.98. The van der Waals surface area contributed by atoms with E-state index in [0.29, 0.717) is 29.2 Å². The van der Waals surface area contributed by atoms with Crippen LogP contribution < -0.4 is 10.1 Å². The summed E-state index contributed by atoms with van der Waals surface area (Å²) in [6.07, 6.45) is 0.435. The van der Waals surface area contributed by atoms with Crippen molar-refractivity contribution in [1.29, 1.82) is 5.26 Å². The van der Waals surface area contributed by atoms with Gasteiger partial charge in [-0.1, -0.05) is 29.4 Å². The molecule has 0 aliphatic carbocycles. The maximum atomic E-state index is 12.2. The Kier molecular flexibility index (Phi) is 10.1. The Bertz CT molecular complexity index is 1030. The van der Waals surface area contributed by atoms with Crippen LogP contribution in [0.25, 0.3) is 0 Å². The van der Waals surface area contributed by atoms with E-state index in [1.54, 1.807) is 53.0 Å². The number of nitrogens with zero attached hydrogens (tertiary/aromatic N) is 1. The van der Waals surface area contributed by atoms with E-state index in [-0.39, 0.29) is 13.4 Å².